The standard InChI is InChI=1S/C58H44N4S/c1-37-36-59-52(38-18-5-2-6-19-38)35-47(37)43-25-12-11-24-42(43)46-27-17-30-50-54(46)63-53-31-16-15-29-49(53)58(50)48-28-14-13-26-44(48)45-33-32-41(34-51(45)58)57-61-55(39-20-7-3-8-21-39)60-56(62-57)40-22-9-4-10-23-40/h2-10,13-23,26-36,42-43H,11-12,24-25H2,1H3. The molecule has 0 amide bonds. The monoisotopic (exact) mass is 828 g/mol. The molecule has 0 radical (unpaired) electrons. The fourth-order valence-corrected chi connectivity index (χ4v) is 12.3. The molecule has 1 spiro atoms. The van der Waals surface area contributed by atoms with Gasteiger partial charge >= 0.3 is 0 Å². The highest BCUT2D eigenvalue weighted by molar-refractivity contribution is 7.99. The van der Waals surface area contributed by atoms with Gasteiger partial charge in [-0.15, -0.1) is 0 Å². The lowest BCUT2D eigenvalue weighted by Crippen LogP contribution is -2.33. The van der Waals surface area contributed by atoms with Gasteiger partial charge in [0.05, 0.1) is 11.1 Å². The summed E-state index contributed by atoms with van der Waals surface area (Å²) in [7, 11) is 0. The van der Waals surface area contributed by atoms with Crippen LogP contribution in [0.5, 0.6) is 0 Å². The van der Waals surface area contributed by atoms with E-state index in [-0.39, 0.29) is 0 Å². The average molecular weight is 829 g/mol. The van der Waals surface area contributed by atoms with E-state index in [1.807, 2.05) is 48.2 Å². The second-order valence-electron chi connectivity index (χ2n) is 17.2. The summed E-state index contributed by atoms with van der Waals surface area (Å²) in [6.45, 7) is 2.26. The first-order valence-electron chi connectivity index (χ1n) is 22.2. The van der Waals surface area contributed by atoms with Crippen molar-refractivity contribution in [2.24, 2.45) is 0 Å². The first kappa shape index (κ1) is 37.8. The van der Waals surface area contributed by atoms with E-state index in [0.29, 0.717) is 29.3 Å². The predicted molar refractivity (Wildman–Crippen MR) is 256 cm³/mol. The molecule has 9 aromatic rings. The Labute approximate surface area is 373 Å². The Morgan fingerprint density at radius 3 is 1.71 bits per heavy atom. The second kappa shape index (κ2) is 15.4. The van der Waals surface area contributed by atoms with Crippen molar-refractivity contribution in [3.63, 3.8) is 0 Å². The van der Waals surface area contributed by atoms with Gasteiger partial charge in [-0.2, -0.15) is 0 Å². The minimum atomic E-state index is -0.552. The molecule has 3 aliphatic rings. The Balaban J connectivity index is 1.06. The summed E-state index contributed by atoms with van der Waals surface area (Å²) >= 11 is 1.97. The lowest BCUT2D eigenvalue weighted by Gasteiger charge is -2.42. The maximum atomic E-state index is 5.21. The molecule has 12 rings (SSSR count). The maximum Gasteiger partial charge on any atom is 0.164 e. The van der Waals surface area contributed by atoms with Crippen LogP contribution in [0.15, 0.2) is 198 Å². The van der Waals surface area contributed by atoms with Crippen molar-refractivity contribution in [2.45, 2.75) is 59.6 Å². The SMILES string of the molecule is Cc1cnc(-c2ccccc2)cc1C1CCCCC1c1cccc2c1Sc1ccccc1C21c2ccccc2-c2ccc(-c3nc(-c4ccccc4)nc(-c4ccccc4)n3)cc21. The third-order valence-corrected chi connectivity index (χ3v) is 15.0. The van der Waals surface area contributed by atoms with Crippen molar-refractivity contribution in [3.8, 4) is 56.5 Å². The van der Waals surface area contributed by atoms with Gasteiger partial charge in [-0.05, 0) is 99.9 Å². The Hall–Kier alpha value is -6.95. The quantitative estimate of drug-likeness (QED) is 0.167. The highest BCUT2D eigenvalue weighted by Gasteiger charge is 2.51. The molecular formula is C58H44N4S. The van der Waals surface area contributed by atoms with Crippen LogP contribution in [0.3, 0.4) is 0 Å². The highest BCUT2D eigenvalue weighted by atomic mass is 32.2. The van der Waals surface area contributed by atoms with Gasteiger partial charge in [-0.25, -0.2) is 15.0 Å². The Bertz CT molecular complexity index is 3130. The molecule has 63 heavy (non-hydrogen) atoms. The molecule has 0 saturated heterocycles. The van der Waals surface area contributed by atoms with Crippen LogP contribution in [0, 0.1) is 6.92 Å². The molecule has 302 valence electrons. The number of hydrogen-bond acceptors (Lipinski definition) is 5. The molecule has 0 N–H and O–H groups in total. The van der Waals surface area contributed by atoms with E-state index >= 15 is 0 Å². The predicted octanol–water partition coefficient (Wildman–Crippen LogP) is 14.5. The molecule has 5 heteroatoms. The number of aryl methyl sites for hydroxylation is 1. The van der Waals surface area contributed by atoms with Crippen LogP contribution in [0.4, 0.5) is 0 Å². The largest absolute Gasteiger partial charge is 0.256 e. The third kappa shape index (κ3) is 6.20. The fraction of sp³-hybridized carbons (Fsp3) is 0.138. The highest BCUT2D eigenvalue weighted by Crippen LogP contribution is 2.64. The van der Waals surface area contributed by atoms with E-state index in [1.165, 1.54) is 78.3 Å². The van der Waals surface area contributed by atoms with Crippen molar-refractivity contribution in [2.75, 3.05) is 0 Å². The summed E-state index contributed by atoms with van der Waals surface area (Å²) in [6, 6.07) is 65.9. The van der Waals surface area contributed by atoms with E-state index in [9.17, 15) is 0 Å². The van der Waals surface area contributed by atoms with Crippen LogP contribution >= 0.6 is 11.8 Å². The van der Waals surface area contributed by atoms with Gasteiger partial charge in [-0.3, -0.25) is 4.98 Å². The Kier molecular flexibility index (Phi) is 9.26. The number of hydrogen-bond donors (Lipinski definition) is 0. The number of nitrogens with zero attached hydrogens (tertiary/aromatic N) is 4. The Morgan fingerprint density at radius 1 is 0.460 bits per heavy atom. The minimum Gasteiger partial charge on any atom is -0.256 e. The molecule has 2 aliphatic carbocycles. The summed E-state index contributed by atoms with van der Waals surface area (Å²) in [5.74, 6) is 2.75. The van der Waals surface area contributed by atoms with Gasteiger partial charge in [0.2, 0.25) is 0 Å². The van der Waals surface area contributed by atoms with Crippen molar-refractivity contribution in [3.05, 3.63) is 227 Å². The molecule has 4 nitrogen and oxygen atoms in total. The van der Waals surface area contributed by atoms with Gasteiger partial charge in [0.15, 0.2) is 17.5 Å². The number of rotatable bonds is 6. The number of fused-ring (bicyclic) bond motifs is 9. The van der Waals surface area contributed by atoms with Crippen molar-refractivity contribution >= 4 is 11.8 Å². The van der Waals surface area contributed by atoms with Crippen LogP contribution in [-0.4, -0.2) is 19.9 Å². The minimum absolute atomic E-state index is 0.369. The van der Waals surface area contributed by atoms with E-state index in [2.05, 4.69) is 159 Å². The molecule has 1 saturated carbocycles. The Morgan fingerprint density at radius 2 is 1.02 bits per heavy atom. The summed E-state index contributed by atoms with van der Waals surface area (Å²) in [4.78, 5) is 23.1. The van der Waals surface area contributed by atoms with Crippen molar-refractivity contribution in [1.29, 1.82) is 0 Å². The average Bonchev–Trinajstić information content (AvgIpc) is 3.64. The summed E-state index contributed by atoms with van der Waals surface area (Å²) < 4.78 is 0. The molecule has 3 unspecified atom stereocenters. The van der Waals surface area contributed by atoms with Crippen molar-refractivity contribution < 1.29 is 0 Å². The topological polar surface area (TPSA) is 51.6 Å². The zero-order valence-corrected chi connectivity index (χ0v) is 35.9. The first-order chi connectivity index (χ1) is 31.1. The molecule has 2 aromatic heterocycles. The molecule has 1 fully saturated rings. The van der Waals surface area contributed by atoms with Gasteiger partial charge in [0.25, 0.3) is 0 Å². The number of aromatic nitrogens is 4. The summed E-state index contributed by atoms with van der Waals surface area (Å²) in [5, 5.41) is 0. The smallest absolute Gasteiger partial charge is 0.164 e. The molecule has 3 atom stereocenters. The van der Waals surface area contributed by atoms with E-state index < -0.39 is 5.41 Å². The molecule has 0 bridgehead atoms. The van der Waals surface area contributed by atoms with Gasteiger partial charge < -0.3 is 0 Å². The zero-order chi connectivity index (χ0) is 41.9. The lowest BCUT2D eigenvalue weighted by molar-refractivity contribution is 0.381. The van der Waals surface area contributed by atoms with E-state index in [4.69, 9.17) is 19.9 Å². The molecule has 7 aromatic carbocycles. The van der Waals surface area contributed by atoms with Gasteiger partial charge in [-0.1, -0.05) is 188 Å². The second-order valence-corrected chi connectivity index (χ2v) is 18.3. The van der Waals surface area contributed by atoms with Gasteiger partial charge in [0, 0.05) is 38.2 Å². The van der Waals surface area contributed by atoms with Crippen molar-refractivity contribution in [1.82, 2.24) is 19.9 Å². The lowest BCUT2D eigenvalue weighted by atomic mass is 9.65. The van der Waals surface area contributed by atoms with Crippen LogP contribution in [0.1, 0.15) is 76.5 Å². The fourth-order valence-electron chi connectivity index (χ4n) is 10.9. The number of pyridine rings is 1. The van der Waals surface area contributed by atoms with Crippen LogP contribution in [-0.2, 0) is 5.41 Å². The number of benzene rings is 7. The molecule has 3 heterocycles. The zero-order valence-electron chi connectivity index (χ0n) is 35.1. The summed E-state index contributed by atoms with van der Waals surface area (Å²) in [5.41, 5.74) is 16.6. The van der Waals surface area contributed by atoms with E-state index in [0.717, 1.165) is 35.2 Å². The van der Waals surface area contributed by atoms with Crippen LogP contribution < -0.4 is 0 Å². The summed E-state index contributed by atoms with van der Waals surface area (Å²) in [6.07, 6.45) is 6.88. The molecule has 1 aliphatic heterocycles. The third-order valence-electron chi connectivity index (χ3n) is 13.7. The van der Waals surface area contributed by atoms with Crippen LogP contribution in [0.2, 0.25) is 0 Å². The first-order valence-corrected chi connectivity index (χ1v) is 23.0. The molecular weight excluding hydrogens is 785 g/mol. The van der Waals surface area contributed by atoms with Crippen LogP contribution in [0.25, 0.3) is 56.5 Å². The maximum absolute atomic E-state index is 5.21. The normalized spacial score (nSPS) is 18.3. The van der Waals surface area contributed by atoms with Gasteiger partial charge in [0.1, 0.15) is 0 Å². The van der Waals surface area contributed by atoms with E-state index in [1.54, 1.807) is 0 Å².